The number of rotatable bonds is 6. The number of benzene rings is 3. The van der Waals surface area contributed by atoms with Gasteiger partial charge in [-0.15, -0.1) is 0 Å². The fourth-order valence-corrected chi connectivity index (χ4v) is 5.12. The summed E-state index contributed by atoms with van der Waals surface area (Å²) in [5.74, 6) is 0.785. The largest absolute Gasteiger partial charge is 0.493 e. The number of fused-ring (bicyclic) bond motifs is 1. The predicted molar refractivity (Wildman–Crippen MR) is 119 cm³/mol. The maximum absolute atomic E-state index is 13.0. The maximum atomic E-state index is 13.0. The van der Waals surface area contributed by atoms with Crippen molar-refractivity contribution in [1.82, 2.24) is 0 Å². The highest BCUT2D eigenvalue weighted by atomic mass is 32.2. The molecule has 0 aromatic heterocycles. The van der Waals surface area contributed by atoms with E-state index in [4.69, 9.17) is 9.47 Å². The lowest BCUT2D eigenvalue weighted by Crippen LogP contribution is -2.29. The quantitative estimate of drug-likeness (QED) is 0.634. The number of methoxy groups -OCH3 is 2. The molecule has 0 fully saturated rings. The van der Waals surface area contributed by atoms with Crippen LogP contribution in [0.25, 0.3) is 0 Å². The van der Waals surface area contributed by atoms with E-state index in [0.29, 0.717) is 41.4 Å². The molecule has 1 aliphatic heterocycles. The number of hydrogen-bond acceptors (Lipinski definition) is 5. The number of carbonyl (C=O) groups excluding carboxylic acids is 1. The van der Waals surface area contributed by atoms with Crippen molar-refractivity contribution in [1.29, 1.82) is 0 Å². The van der Waals surface area contributed by atoms with Gasteiger partial charge in [0.15, 0.2) is 11.5 Å². The average molecular weight is 439 g/mol. The van der Waals surface area contributed by atoms with Crippen molar-refractivity contribution in [3.8, 4) is 11.5 Å². The molecule has 4 rings (SSSR count). The van der Waals surface area contributed by atoms with Crippen molar-refractivity contribution < 1.29 is 22.7 Å². The van der Waals surface area contributed by atoms with Crippen molar-refractivity contribution in [3.05, 3.63) is 77.9 Å². The van der Waals surface area contributed by atoms with E-state index < -0.39 is 10.0 Å². The van der Waals surface area contributed by atoms with E-state index in [2.05, 4.69) is 5.32 Å². The number of nitrogens with one attached hydrogen (secondary N) is 1. The summed E-state index contributed by atoms with van der Waals surface area (Å²) in [6, 6.07) is 18.5. The summed E-state index contributed by atoms with van der Waals surface area (Å²) >= 11 is 0. The molecule has 0 aliphatic carbocycles. The van der Waals surface area contributed by atoms with Crippen molar-refractivity contribution in [2.24, 2.45) is 0 Å². The second-order valence-electron chi connectivity index (χ2n) is 7.01. The lowest BCUT2D eigenvalue weighted by molar-refractivity contribution is 0.102. The molecule has 0 spiro atoms. The molecule has 1 heterocycles. The molecule has 3 aromatic carbocycles. The first-order valence-corrected chi connectivity index (χ1v) is 11.1. The van der Waals surface area contributed by atoms with Gasteiger partial charge in [0.2, 0.25) is 0 Å². The van der Waals surface area contributed by atoms with Gasteiger partial charge in [0.1, 0.15) is 0 Å². The van der Waals surface area contributed by atoms with Crippen LogP contribution in [0.5, 0.6) is 11.5 Å². The number of carbonyl (C=O) groups is 1. The van der Waals surface area contributed by atoms with E-state index >= 15 is 0 Å². The lowest BCUT2D eigenvalue weighted by atomic mass is 10.1. The predicted octanol–water partition coefficient (Wildman–Crippen LogP) is 3.71. The van der Waals surface area contributed by atoms with Crippen LogP contribution in [-0.2, 0) is 16.4 Å². The highest BCUT2D eigenvalue weighted by molar-refractivity contribution is 7.92. The highest BCUT2D eigenvalue weighted by Crippen LogP contribution is 2.34. The summed E-state index contributed by atoms with van der Waals surface area (Å²) in [6.07, 6.45) is 0.541. The van der Waals surface area contributed by atoms with Crippen LogP contribution in [0.1, 0.15) is 15.9 Å². The number of sulfonamides is 1. The minimum absolute atomic E-state index is 0.248. The smallest absolute Gasteiger partial charge is 0.264 e. The van der Waals surface area contributed by atoms with Gasteiger partial charge in [-0.3, -0.25) is 9.10 Å². The molecule has 1 aliphatic rings. The minimum Gasteiger partial charge on any atom is -0.493 e. The van der Waals surface area contributed by atoms with Crippen LogP contribution in [0.4, 0.5) is 11.4 Å². The standard InChI is InChI=1S/C23H22N2O5S/c1-29-21-11-9-18(15-22(21)30-2)24-23(26)17-8-10-20-16(14-17)12-13-25(20)31(27,28)19-6-4-3-5-7-19/h3-11,14-15H,12-13H2,1-2H3,(H,24,26). The summed E-state index contributed by atoms with van der Waals surface area (Å²) in [6.45, 7) is 0.341. The SMILES string of the molecule is COc1ccc(NC(=O)c2ccc3c(c2)CCN3S(=O)(=O)c2ccccc2)cc1OC. The minimum atomic E-state index is -3.64. The third kappa shape index (κ3) is 3.94. The summed E-state index contributed by atoms with van der Waals surface area (Å²) in [4.78, 5) is 13.0. The Kier molecular flexibility index (Phi) is 5.56. The van der Waals surface area contributed by atoms with Crippen LogP contribution >= 0.6 is 0 Å². The maximum Gasteiger partial charge on any atom is 0.264 e. The van der Waals surface area contributed by atoms with Crippen LogP contribution in [0.2, 0.25) is 0 Å². The van der Waals surface area contributed by atoms with Crippen LogP contribution in [-0.4, -0.2) is 35.1 Å². The third-order valence-corrected chi connectivity index (χ3v) is 6.99. The van der Waals surface area contributed by atoms with Gasteiger partial charge in [-0.25, -0.2) is 8.42 Å². The van der Waals surface area contributed by atoms with Gasteiger partial charge in [0.05, 0.1) is 24.8 Å². The molecule has 0 bridgehead atoms. The molecule has 3 aromatic rings. The van der Waals surface area contributed by atoms with Crippen LogP contribution in [0.3, 0.4) is 0 Å². The van der Waals surface area contributed by atoms with Gasteiger partial charge in [0, 0.05) is 23.9 Å². The molecule has 0 radical (unpaired) electrons. The molecular formula is C23H22N2O5S. The van der Waals surface area contributed by atoms with Gasteiger partial charge in [0.25, 0.3) is 15.9 Å². The fourth-order valence-electron chi connectivity index (χ4n) is 3.60. The van der Waals surface area contributed by atoms with Crippen LogP contribution < -0.4 is 19.1 Å². The second-order valence-corrected chi connectivity index (χ2v) is 8.87. The molecule has 1 amide bonds. The summed E-state index contributed by atoms with van der Waals surface area (Å²) in [7, 11) is -0.570. The average Bonchev–Trinajstić information content (AvgIpc) is 3.23. The monoisotopic (exact) mass is 438 g/mol. The Hall–Kier alpha value is -3.52. The van der Waals surface area contributed by atoms with E-state index in [-0.39, 0.29) is 10.8 Å². The first kappa shape index (κ1) is 20.7. The van der Waals surface area contributed by atoms with Crippen LogP contribution in [0, 0.1) is 0 Å². The zero-order valence-electron chi connectivity index (χ0n) is 17.2. The van der Waals surface area contributed by atoms with Gasteiger partial charge < -0.3 is 14.8 Å². The molecule has 0 saturated carbocycles. The van der Waals surface area contributed by atoms with E-state index in [1.807, 2.05) is 0 Å². The molecule has 0 unspecified atom stereocenters. The Bertz CT molecular complexity index is 1230. The van der Waals surface area contributed by atoms with Crippen LogP contribution in [0.15, 0.2) is 71.6 Å². The van der Waals surface area contributed by atoms with Gasteiger partial charge in [-0.1, -0.05) is 18.2 Å². The molecule has 0 saturated heterocycles. The number of hydrogen-bond donors (Lipinski definition) is 1. The molecule has 31 heavy (non-hydrogen) atoms. The number of nitrogens with zero attached hydrogens (tertiary/aromatic N) is 1. The normalized spacial score (nSPS) is 12.9. The summed E-state index contributed by atoms with van der Waals surface area (Å²) in [5.41, 5.74) is 2.44. The zero-order valence-corrected chi connectivity index (χ0v) is 18.0. The molecular weight excluding hydrogens is 416 g/mol. The summed E-state index contributed by atoms with van der Waals surface area (Å²) in [5, 5.41) is 2.84. The molecule has 1 N–H and O–H groups in total. The highest BCUT2D eigenvalue weighted by Gasteiger charge is 2.31. The van der Waals surface area contributed by atoms with Crippen molar-refractivity contribution in [2.45, 2.75) is 11.3 Å². The topological polar surface area (TPSA) is 84.9 Å². The second kappa shape index (κ2) is 8.31. The lowest BCUT2D eigenvalue weighted by Gasteiger charge is -2.19. The van der Waals surface area contributed by atoms with Gasteiger partial charge in [-0.2, -0.15) is 0 Å². The molecule has 160 valence electrons. The molecule has 7 nitrogen and oxygen atoms in total. The Morgan fingerprint density at radius 2 is 1.68 bits per heavy atom. The first-order valence-electron chi connectivity index (χ1n) is 9.68. The van der Waals surface area contributed by atoms with E-state index in [9.17, 15) is 13.2 Å². The Balaban J connectivity index is 1.56. The van der Waals surface area contributed by atoms with Crippen molar-refractivity contribution in [2.75, 3.05) is 30.4 Å². The van der Waals surface area contributed by atoms with E-state index in [0.717, 1.165) is 5.56 Å². The Morgan fingerprint density at radius 3 is 2.39 bits per heavy atom. The Labute approximate surface area is 181 Å². The van der Waals surface area contributed by atoms with Crippen molar-refractivity contribution in [3.63, 3.8) is 0 Å². The van der Waals surface area contributed by atoms with Gasteiger partial charge in [-0.05, 0) is 54.4 Å². The number of anilines is 2. The molecule has 0 atom stereocenters. The fraction of sp³-hybridized carbons (Fsp3) is 0.174. The number of ether oxygens (including phenoxy) is 2. The Morgan fingerprint density at radius 1 is 0.935 bits per heavy atom. The number of amides is 1. The summed E-state index contributed by atoms with van der Waals surface area (Å²) < 4.78 is 37.9. The van der Waals surface area contributed by atoms with E-state index in [1.165, 1.54) is 11.4 Å². The van der Waals surface area contributed by atoms with E-state index in [1.54, 1.807) is 73.8 Å². The van der Waals surface area contributed by atoms with Crippen molar-refractivity contribution >= 4 is 27.3 Å². The third-order valence-electron chi connectivity index (χ3n) is 5.17. The van der Waals surface area contributed by atoms with Gasteiger partial charge >= 0.3 is 0 Å². The zero-order chi connectivity index (χ0) is 22.0. The first-order chi connectivity index (χ1) is 14.9. The molecule has 8 heteroatoms.